The first-order valence-corrected chi connectivity index (χ1v) is 7.43. The lowest BCUT2D eigenvalue weighted by Crippen LogP contribution is -2.61. The van der Waals surface area contributed by atoms with Gasteiger partial charge in [-0.25, -0.2) is 0 Å². The molecule has 1 aromatic rings. The number of nitrogens with one attached hydrogen (secondary N) is 1. The summed E-state index contributed by atoms with van der Waals surface area (Å²) in [5.74, 6) is -0.0852. The average molecular weight is 309 g/mol. The van der Waals surface area contributed by atoms with Crippen LogP contribution < -0.4 is 5.32 Å². The Morgan fingerprint density at radius 1 is 1.43 bits per heavy atom. The van der Waals surface area contributed by atoms with Crippen LogP contribution in [0.4, 0.5) is 0 Å². The van der Waals surface area contributed by atoms with Crippen LogP contribution in [0.3, 0.4) is 0 Å². The Balaban J connectivity index is 1.63. The number of piperidine rings is 1. The van der Waals surface area contributed by atoms with Crippen molar-refractivity contribution in [2.75, 3.05) is 19.7 Å². The van der Waals surface area contributed by atoms with Crippen LogP contribution in [-0.4, -0.2) is 48.6 Å². The van der Waals surface area contributed by atoms with Crippen molar-refractivity contribution in [2.24, 2.45) is 0 Å². The van der Waals surface area contributed by atoms with Gasteiger partial charge in [0, 0.05) is 18.1 Å². The van der Waals surface area contributed by atoms with E-state index in [0.29, 0.717) is 18.1 Å². The van der Waals surface area contributed by atoms with Crippen molar-refractivity contribution in [2.45, 2.75) is 25.0 Å². The van der Waals surface area contributed by atoms with E-state index in [1.54, 1.807) is 11.0 Å². The fourth-order valence-corrected chi connectivity index (χ4v) is 3.05. The van der Waals surface area contributed by atoms with Crippen molar-refractivity contribution in [1.82, 2.24) is 10.2 Å². The lowest BCUT2D eigenvalue weighted by Gasteiger charge is -2.41. The summed E-state index contributed by atoms with van der Waals surface area (Å²) in [5.41, 5.74) is 0.829. The first-order valence-electron chi connectivity index (χ1n) is 7.05. The van der Waals surface area contributed by atoms with E-state index in [-0.39, 0.29) is 37.0 Å². The Morgan fingerprint density at radius 2 is 2.24 bits per heavy atom. The van der Waals surface area contributed by atoms with Crippen molar-refractivity contribution in [3.63, 3.8) is 0 Å². The number of morpholine rings is 1. The Kier molecular flexibility index (Phi) is 4.12. The van der Waals surface area contributed by atoms with Crippen LogP contribution in [0.2, 0.25) is 5.02 Å². The SMILES string of the molecule is O=C1COC2CCN(C(=O)Cc3ccccc3Cl)CC2N1. The maximum atomic E-state index is 12.4. The van der Waals surface area contributed by atoms with Gasteiger partial charge in [0.25, 0.3) is 0 Å². The molecule has 1 N–H and O–H groups in total. The second-order valence-corrected chi connectivity index (χ2v) is 5.83. The third-order valence-corrected chi connectivity index (χ3v) is 4.35. The maximum Gasteiger partial charge on any atom is 0.246 e. The Hall–Kier alpha value is -1.59. The molecule has 0 radical (unpaired) electrons. The molecular weight excluding hydrogens is 292 g/mol. The number of carbonyl (C=O) groups is 2. The van der Waals surface area contributed by atoms with Gasteiger partial charge < -0.3 is 15.0 Å². The highest BCUT2D eigenvalue weighted by molar-refractivity contribution is 6.31. The van der Waals surface area contributed by atoms with Crippen LogP contribution in [-0.2, 0) is 20.7 Å². The van der Waals surface area contributed by atoms with Gasteiger partial charge in [0.1, 0.15) is 6.61 Å². The number of amides is 2. The van der Waals surface area contributed by atoms with Gasteiger partial charge in [-0.3, -0.25) is 9.59 Å². The van der Waals surface area contributed by atoms with Crippen LogP contribution in [0.5, 0.6) is 0 Å². The Labute approximate surface area is 128 Å². The molecule has 2 heterocycles. The fourth-order valence-electron chi connectivity index (χ4n) is 2.84. The molecule has 2 unspecified atom stereocenters. The molecule has 0 saturated carbocycles. The van der Waals surface area contributed by atoms with Crippen molar-refractivity contribution >= 4 is 23.4 Å². The fraction of sp³-hybridized carbons (Fsp3) is 0.467. The first-order chi connectivity index (χ1) is 10.1. The van der Waals surface area contributed by atoms with E-state index < -0.39 is 0 Å². The lowest BCUT2D eigenvalue weighted by atomic mass is 9.99. The van der Waals surface area contributed by atoms with Crippen molar-refractivity contribution in [3.05, 3.63) is 34.9 Å². The molecule has 2 aliphatic heterocycles. The van der Waals surface area contributed by atoms with Gasteiger partial charge in [0.2, 0.25) is 11.8 Å². The summed E-state index contributed by atoms with van der Waals surface area (Å²) in [5, 5.41) is 3.50. The number of nitrogens with zero attached hydrogens (tertiary/aromatic N) is 1. The molecule has 0 aliphatic carbocycles. The molecule has 21 heavy (non-hydrogen) atoms. The molecule has 2 aliphatic rings. The van der Waals surface area contributed by atoms with E-state index in [2.05, 4.69) is 5.32 Å². The zero-order chi connectivity index (χ0) is 14.8. The molecule has 112 valence electrons. The monoisotopic (exact) mass is 308 g/mol. The third kappa shape index (κ3) is 3.19. The molecule has 0 aromatic heterocycles. The summed E-state index contributed by atoms with van der Waals surface area (Å²) in [4.78, 5) is 25.5. The van der Waals surface area contributed by atoms with E-state index >= 15 is 0 Å². The molecule has 1 aromatic carbocycles. The predicted octanol–water partition coefficient (Wildman–Crippen LogP) is 0.998. The van der Waals surface area contributed by atoms with Gasteiger partial charge in [0.05, 0.1) is 18.6 Å². The van der Waals surface area contributed by atoms with Gasteiger partial charge in [0.15, 0.2) is 0 Å². The van der Waals surface area contributed by atoms with Crippen molar-refractivity contribution in [1.29, 1.82) is 0 Å². The number of hydrogen-bond donors (Lipinski definition) is 1. The summed E-state index contributed by atoms with van der Waals surface area (Å²) < 4.78 is 5.49. The molecule has 5 nitrogen and oxygen atoms in total. The standard InChI is InChI=1S/C15H17ClN2O3/c16-11-4-2-1-3-10(11)7-15(20)18-6-5-13-12(8-18)17-14(19)9-21-13/h1-4,12-13H,5-9H2,(H,17,19). The average Bonchev–Trinajstić information content (AvgIpc) is 2.48. The quantitative estimate of drug-likeness (QED) is 0.887. The van der Waals surface area contributed by atoms with Crippen LogP contribution >= 0.6 is 11.6 Å². The minimum atomic E-state index is -0.114. The summed E-state index contributed by atoms with van der Waals surface area (Å²) in [6.07, 6.45) is 1.05. The predicted molar refractivity (Wildman–Crippen MR) is 78.0 cm³/mol. The molecule has 2 atom stereocenters. The summed E-state index contributed by atoms with van der Waals surface area (Å²) in [6.45, 7) is 1.27. The van der Waals surface area contributed by atoms with Crippen LogP contribution in [0, 0.1) is 0 Å². The van der Waals surface area contributed by atoms with E-state index in [4.69, 9.17) is 16.3 Å². The number of ether oxygens (including phenoxy) is 1. The van der Waals surface area contributed by atoms with Gasteiger partial charge >= 0.3 is 0 Å². The third-order valence-electron chi connectivity index (χ3n) is 3.98. The van der Waals surface area contributed by atoms with E-state index in [1.807, 2.05) is 18.2 Å². The van der Waals surface area contributed by atoms with E-state index in [1.165, 1.54) is 0 Å². The summed E-state index contributed by atoms with van der Waals surface area (Å²) in [7, 11) is 0. The molecule has 0 spiro atoms. The second-order valence-electron chi connectivity index (χ2n) is 5.42. The summed E-state index contributed by atoms with van der Waals surface area (Å²) in [6, 6.07) is 7.26. The number of carbonyl (C=O) groups excluding carboxylic acids is 2. The Bertz CT molecular complexity index is 564. The van der Waals surface area contributed by atoms with Gasteiger partial charge in [-0.2, -0.15) is 0 Å². The minimum absolute atomic E-state index is 0.0204. The highest BCUT2D eigenvalue weighted by Crippen LogP contribution is 2.20. The number of likely N-dealkylation sites (tertiary alicyclic amines) is 1. The molecular formula is C15H17ClN2O3. The lowest BCUT2D eigenvalue weighted by molar-refractivity contribution is -0.146. The van der Waals surface area contributed by atoms with Gasteiger partial charge in [-0.05, 0) is 18.1 Å². The number of fused-ring (bicyclic) bond motifs is 1. The highest BCUT2D eigenvalue weighted by atomic mass is 35.5. The largest absolute Gasteiger partial charge is 0.366 e. The molecule has 0 bridgehead atoms. The van der Waals surface area contributed by atoms with Crippen molar-refractivity contribution in [3.8, 4) is 0 Å². The van der Waals surface area contributed by atoms with Crippen LogP contribution in [0.1, 0.15) is 12.0 Å². The normalized spacial score (nSPS) is 25.2. The molecule has 2 saturated heterocycles. The van der Waals surface area contributed by atoms with E-state index in [0.717, 1.165) is 12.0 Å². The smallest absolute Gasteiger partial charge is 0.246 e. The van der Waals surface area contributed by atoms with Crippen LogP contribution in [0.15, 0.2) is 24.3 Å². The minimum Gasteiger partial charge on any atom is -0.366 e. The number of rotatable bonds is 2. The number of hydrogen-bond acceptors (Lipinski definition) is 3. The van der Waals surface area contributed by atoms with Gasteiger partial charge in [-0.15, -0.1) is 0 Å². The Morgan fingerprint density at radius 3 is 3.05 bits per heavy atom. The first kappa shape index (κ1) is 14.4. The van der Waals surface area contributed by atoms with E-state index in [9.17, 15) is 9.59 Å². The molecule has 2 amide bonds. The topological polar surface area (TPSA) is 58.6 Å². The van der Waals surface area contributed by atoms with Crippen molar-refractivity contribution < 1.29 is 14.3 Å². The highest BCUT2D eigenvalue weighted by Gasteiger charge is 2.36. The maximum absolute atomic E-state index is 12.4. The number of halogens is 1. The van der Waals surface area contributed by atoms with Crippen LogP contribution in [0.25, 0.3) is 0 Å². The second kappa shape index (κ2) is 6.03. The molecule has 3 rings (SSSR count). The summed E-state index contributed by atoms with van der Waals surface area (Å²) >= 11 is 6.09. The van der Waals surface area contributed by atoms with Gasteiger partial charge in [-0.1, -0.05) is 29.8 Å². The zero-order valence-corrected chi connectivity index (χ0v) is 12.3. The number of benzene rings is 1. The molecule has 2 fully saturated rings. The molecule has 6 heteroatoms. The zero-order valence-electron chi connectivity index (χ0n) is 11.5.